The number of rotatable bonds is 10. The molecule has 4 unspecified atom stereocenters. The van der Waals surface area contributed by atoms with Gasteiger partial charge < -0.3 is 4.74 Å². The van der Waals surface area contributed by atoms with Crippen molar-refractivity contribution >= 4 is 55.4 Å². The highest BCUT2D eigenvalue weighted by atomic mass is 32.2. The third-order valence-electron chi connectivity index (χ3n) is 13.4. The lowest BCUT2D eigenvalue weighted by Gasteiger charge is -2.35. The first kappa shape index (κ1) is 35.7. The monoisotopic (exact) mass is 768 g/mol. The van der Waals surface area contributed by atoms with Crippen molar-refractivity contribution < 1.29 is 58.9 Å². The predicted molar refractivity (Wildman–Crippen MR) is 181 cm³/mol. The van der Waals surface area contributed by atoms with Crippen LogP contribution in [0.2, 0.25) is 0 Å². The molecule has 280 valence electrons. The van der Waals surface area contributed by atoms with Gasteiger partial charge in [-0.1, -0.05) is 27.7 Å². The Bertz CT molecular complexity index is 2170. The van der Waals surface area contributed by atoms with E-state index in [0.29, 0.717) is 25.7 Å². The summed E-state index contributed by atoms with van der Waals surface area (Å²) < 4.78 is 68.9. The number of imide groups is 2. The summed E-state index contributed by atoms with van der Waals surface area (Å²) in [7, 11) is -9.16. The second kappa shape index (κ2) is 11.1. The van der Waals surface area contributed by atoms with Crippen molar-refractivity contribution in [1.82, 2.24) is 10.1 Å². The van der Waals surface area contributed by atoms with Gasteiger partial charge in [-0.05, 0) is 84.7 Å². The Morgan fingerprint density at radius 3 is 1.26 bits per heavy atom. The molecule has 2 heterocycles. The van der Waals surface area contributed by atoms with Crippen molar-refractivity contribution in [1.29, 1.82) is 0 Å². The summed E-state index contributed by atoms with van der Waals surface area (Å²) in [5, 5.41) is 0.297. The summed E-state index contributed by atoms with van der Waals surface area (Å²) in [6.07, 6.45) is 2.64. The van der Waals surface area contributed by atoms with Crippen LogP contribution in [-0.2, 0) is 38.4 Å². The molecule has 4 fully saturated rings. The maximum absolute atomic E-state index is 13.3. The molecule has 2 aromatic carbocycles. The van der Waals surface area contributed by atoms with Crippen LogP contribution in [-0.4, -0.2) is 73.7 Å². The van der Waals surface area contributed by atoms with Crippen molar-refractivity contribution in [3.05, 3.63) is 58.7 Å². The van der Waals surface area contributed by atoms with E-state index in [2.05, 4.69) is 0 Å². The van der Waals surface area contributed by atoms with Gasteiger partial charge in [0.05, 0.1) is 44.6 Å². The lowest BCUT2D eigenvalue weighted by molar-refractivity contribution is -0.128. The smallest absolute Gasteiger partial charge is 0.289 e. The average Bonchev–Trinajstić information content (AvgIpc) is 3.74. The fourth-order valence-corrected chi connectivity index (χ4v) is 13.3. The molecule has 4 saturated carbocycles. The number of hydrogen-bond acceptors (Lipinski definition) is 13. The van der Waals surface area contributed by atoms with Crippen molar-refractivity contribution in [2.45, 2.75) is 66.2 Å². The third kappa shape index (κ3) is 4.96. The Hall–Kier alpha value is -4.32. The number of carbonyl (C=O) groups excluding carboxylic acids is 6. The maximum atomic E-state index is 13.3. The van der Waals surface area contributed by atoms with Crippen LogP contribution in [0.1, 0.15) is 108 Å². The Morgan fingerprint density at radius 1 is 0.585 bits per heavy atom. The lowest BCUT2D eigenvalue weighted by atomic mass is 9.70. The zero-order valence-electron chi connectivity index (χ0n) is 29.3. The highest BCUT2D eigenvalue weighted by Crippen LogP contribution is 2.65. The van der Waals surface area contributed by atoms with Gasteiger partial charge in [-0.15, -0.1) is 18.7 Å². The van der Waals surface area contributed by atoms with Crippen LogP contribution in [0.3, 0.4) is 0 Å². The van der Waals surface area contributed by atoms with Crippen LogP contribution in [0.5, 0.6) is 11.5 Å². The second-order valence-corrected chi connectivity index (χ2v) is 19.3. The van der Waals surface area contributed by atoms with Gasteiger partial charge in [0.15, 0.2) is 0 Å². The van der Waals surface area contributed by atoms with E-state index in [1.165, 1.54) is 36.4 Å². The van der Waals surface area contributed by atoms with Crippen LogP contribution >= 0.6 is 0 Å². The summed E-state index contributed by atoms with van der Waals surface area (Å²) in [6, 6.07) is 7.46. The molecule has 6 aliphatic rings. The molecular formula is C36H36N2O13S2. The van der Waals surface area contributed by atoms with E-state index < -0.39 is 77.0 Å². The van der Waals surface area contributed by atoms with E-state index >= 15 is 0 Å². The predicted octanol–water partition coefficient (Wildman–Crippen LogP) is 3.98. The van der Waals surface area contributed by atoms with Gasteiger partial charge >= 0.3 is 0 Å². The zero-order valence-corrected chi connectivity index (χ0v) is 30.9. The zero-order chi connectivity index (χ0) is 38.3. The summed E-state index contributed by atoms with van der Waals surface area (Å²) in [4.78, 5) is 78.6. The largest absolute Gasteiger partial charge is 0.457 e. The van der Waals surface area contributed by atoms with Gasteiger partial charge in [-0.2, -0.15) is 16.8 Å². The molecule has 2 aliphatic heterocycles. The second-order valence-electron chi connectivity index (χ2n) is 16.2. The molecular weight excluding hydrogens is 733 g/mol. The highest BCUT2D eigenvalue weighted by Gasteiger charge is 2.67. The SMILES string of the molecule is CC1(C)C2CCC1(CS(=O)(=O)ON1C(=O)c3ccc(Oc4ccc5c(c4)C(=O)N(OS(=O)(=O)CC46CCC(CC4=O)C6(C)C)C5=O)cc3C1=O)C(=O)C2. The Balaban J connectivity index is 0.963. The number of ketones is 2. The molecule has 0 aromatic heterocycles. The fourth-order valence-electron chi connectivity index (χ4n) is 9.89. The quantitative estimate of drug-likeness (QED) is 0.314. The van der Waals surface area contributed by atoms with Gasteiger partial charge in [-0.25, -0.2) is 0 Å². The average molecular weight is 769 g/mol. The molecule has 0 spiro atoms. The van der Waals surface area contributed by atoms with E-state index in [1.54, 1.807) is 0 Å². The number of carbonyl (C=O) groups is 6. The number of benzene rings is 2. The topological polar surface area (TPSA) is 205 Å². The first-order chi connectivity index (χ1) is 24.6. The maximum Gasteiger partial charge on any atom is 0.289 e. The summed E-state index contributed by atoms with van der Waals surface area (Å²) >= 11 is 0. The molecule has 2 aromatic rings. The molecule has 4 atom stereocenters. The van der Waals surface area contributed by atoms with E-state index in [4.69, 9.17) is 13.3 Å². The molecule has 0 N–H and O–H groups in total. The number of ether oxygens (including phenoxy) is 1. The van der Waals surface area contributed by atoms with E-state index in [1.807, 2.05) is 27.7 Å². The minimum atomic E-state index is -4.58. The van der Waals surface area contributed by atoms with Crippen LogP contribution < -0.4 is 4.74 Å². The van der Waals surface area contributed by atoms with E-state index in [9.17, 15) is 45.6 Å². The van der Waals surface area contributed by atoms with Gasteiger partial charge in [0.1, 0.15) is 23.1 Å². The van der Waals surface area contributed by atoms with Crippen LogP contribution in [0.4, 0.5) is 0 Å². The van der Waals surface area contributed by atoms with Crippen LogP contribution in [0.25, 0.3) is 0 Å². The number of hydroxylamine groups is 4. The fraction of sp³-hybridized carbons (Fsp3) is 0.500. The van der Waals surface area contributed by atoms with Gasteiger partial charge in [0.2, 0.25) is 0 Å². The first-order valence-corrected chi connectivity index (χ1v) is 20.4. The number of fused-ring (bicyclic) bond motifs is 6. The van der Waals surface area contributed by atoms with Crippen LogP contribution in [0, 0.1) is 33.5 Å². The van der Waals surface area contributed by atoms with Crippen molar-refractivity contribution in [2.75, 3.05) is 11.5 Å². The number of Topliss-reactive ketones (excluding diaryl/α,β-unsaturated/α-hetero) is 2. The molecule has 4 aliphatic carbocycles. The number of amides is 4. The highest BCUT2D eigenvalue weighted by molar-refractivity contribution is 7.87. The van der Waals surface area contributed by atoms with Crippen molar-refractivity contribution in [3.8, 4) is 11.5 Å². The van der Waals surface area contributed by atoms with E-state index in [0.717, 1.165) is 0 Å². The lowest BCUT2D eigenvalue weighted by Crippen LogP contribution is -2.44. The molecule has 0 saturated heterocycles. The molecule has 8 rings (SSSR count). The molecule has 17 heteroatoms. The van der Waals surface area contributed by atoms with Gasteiger partial charge in [0, 0.05) is 12.8 Å². The van der Waals surface area contributed by atoms with Crippen molar-refractivity contribution in [3.63, 3.8) is 0 Å². The van der Waals surface area contributed by atoms with Gasteiger partial charge in [-0.3, -0.25) is 28.8 Å². The summed E-state index contributed by atoms with van der Waals surface area (Å²) in [6.45, 7) is 7.40. The first-order valence-electron chi connectivity index (χ1n) is 17.3. The number of hydrogen-bond donors (Lipinski definition) is 0. The third-order valence-corrected chi connectivity index (χ3v) is 15.8. The normalized spacial score (nSPS) is 29.5. The Morgan fingerprint density at radius 2 is 0.943 bits per heavy atom. The Labute approximate surface area is 305 Å². The Kier molecular flexibility index (Phi) is 7.49. The van der Waals surface area contributed by atoms with Crippen LogP contribution in [0.15, 0.2) is 36.4 Å². The summed E-state index contributed by atoms with van der Waals surface area (Å²) in [5.74, 6) is -5.82. The molecule has 0 radical (unpaired) electrons. The molecule has 4 bridgehead atoms. The standard InChI is InChI=1S/C36H36N2O13S2/c1-33(2)19-9-11-35(33,27(39)13-19)17-52(45,46)50-37-29(41)23-7-5-21(15-25(23)31(37)43)49-22-6-8-24-26(16-22)32(44)38(30(24)42)51-53(47,48)18-36-12-10-20(14-28(36)40)34(36,3)4/h5-8,15-16,19-20H,9-14,17-18H2,1-4H3. The minimum absolute atomic E-state index is 0.00540. The molecule has 53 heavy (non-hydrogen) atoms. The molecule has 4 amide bonds. The molecule has 15 nitrogen and oxygen atoms in total. The minimum Gasteiger partial charge on any atom is -0.457 e. The van der Waals surface area contributed by atoms with Gasteiger partial charge in [0.25, 0.3) is 43.9 Å². The van der Waals surface area contributed by atoms with E-state index in [-0.39, 0.29) is 80.1 Å². The number of nitrogens with zero attached hydrogens (tertiary/aromatic N) is 2. The summed E-state index contributed by atoms with van der Waals surface area (Å²) in [5.41, 5.74) is -4.33. The van der Waals surface area contributed by atoms with Crippen molar-refractivity contribution in [2.24, 2.45) is 33.5 Å².